The first-order valence-electron chi connectivity index (χ1n) is 11.2. The van der Waals surface area contributed by atoms with Crippen LogP contribution in [0.5, 0.6) is 5.75 Å². The van der Waals surface area contributed by atoms with E-state index in [1.165, 1.54) is 0 Å². The first-order chi connectivity index (χ1) is 16.2. The van der Waals surface area contributed by atoms with Gasteiger partial charge in [-0.25, -0.2) is 9.78 Å². The van der Waals surface area contributed by atoms with Crippen LogP contribution in [0.1, 0.15) is 43.8 Å². The lowest BCUT2D eigenvalue weighted by molar-refractivity contribution is -0.157. The van der Waals surface area contributed by atoms with Crippen molar-refractivity contribution in [1.82, 2.24) is 9.55 Å². The summed E-state index contributed by atoms with van der Waals surface area (Å²) in [5, 5.41) is 0.421. The number of aryl methyl sites for hydroxylation is 1. The van der Waals surface area contributed by atoms with Crippen molar-refractivity contribution in [2.24, 2.45) is 0 Å². The van der Waals surface area contributed by atoms with Crippen LogP contribution in [0, 0.1) is 6.92 Å². The van der Waals surface area contributed by atoms with Crippen molar-refractivity contribution in [1.29, 1.82) is 0 Å². The molecule has 0 saturated heterocycles. The summed E-state index contributed by atoms with van der Waals surface area (Å²) in [6, 6.07) is 24.5. The van der Waals surface area contributed by atoms with Crippen molar-refractivity contribution in [2.45, 2.75) is 39.3 Å². The Morgan fingerprint density at radius 2 is 1.53 bits per heavy atom. The van der Waals surface area contributed by atoms with Gasteiger partial charge >= 0.3 is 5.97 Å². The van der Waals surface area contributed by atoms with Gasteiger partial charge in [0.2, 0.25) is 0 Å². The number of hydrogen-bond donors (Lipinski definition) is 0. The Labute approximate surface area is 198 Å². The van der Waals surface area contributed by atoms with Gasteiger partial charge in [0.15, 0.2) is 6.61 Å². The lowest BCUT2D eigenvalue weighted by Gasteiger charge is -2.23. The molecule has 0 unspecified atom stereocenters. The molecule has 4 rings (SSSR count). The fraction of sp³-hybridized carbons (Fsp3) is 0.250. The van der Waals surface area contributed by atoms with Crippen LogP contribution in [0.4, 0.5) is 0 Å². The van der Waals surface area contributed by atoms with Gasteiger partial charge in [-0.3, -0.25) is 9.36 Å². The minimum atomic E-state index is -0.594. The Morgan fingerprint density at radius 3 is 2.09 bits per heavy atom. The minimum absolute atomic E-state index is 0.178. The monoisotopic (exact) mass is 456 g/mol. The molecule has 174 valence electrons. The number of nitrogens with zero attached hydrogens (tertiary/aromatic N) is 2. The number of rotatable bonds is 6. The molecule has 1 aromatic heterocycles. The number of carbonyl (C=O) groups excluding carboxylic acids is 1. The molecule has 6 heteroatoms. The zero-order valence-corrected chi connectivity index (χ0v) is 19.8. The van der Waals surface area contributed by atoms with Crippen LogP contribution in [-0.4, -0.2) is 27.7 Å². The molecular weight excluding hydrogens is 428 g/mol. The normalized spacial score (nSPS) is 11.6. The summed E-state index contributed by atoms with van der Waals surface area (Å²) < 4.78 is 12.6. The second kappa shape index (κ2) is 9.51. The quantitative estimate of drug-likeness (QED) is 0.379. The second-order valence-corrected chi connectivity index (χ2v) is 9.11. The molecule has 34 heavy (non-hydrogen) atoms. The van der Waals surface area contributed by atoms with Crippen LogP contribution in [0.3, 0.4) is 0 Å². The molecule has 1 heterocycles. The molecular formula is C28H28N2O4. The highest BCUT2D eigenvalue weighted by molar-refractivity contribution is 5.79. The second-order valence-electron chi connectivity index (χ2n) is 9.11. The molecule has 0 spiro atoms. The van der Waals surface area contributed by atoms with E-state index in [2.05, 4.69) is 0 Å². The standard InChI is InChI=1S/C28H28N2O4/c1-19-29-24-16-15-22(33-18-25(31)34-28(2,3)4)17-23(24)27(32)30(19)26(20-11-7-5-8-12-20)21-13-9-6-10-14-21/h5-17,26H,18H2,1-4H3. The van der Waals surface area contributed by atoms with Crippen LogP contribution in [0.2, 0.25) is 0 Å². The van der Waals surface area contributed by atoms with E-state index in [1.807, 2.05) is 67.6 Å². The zero-order valence-electron chi connectivity index (χ0n) is 19.8. The molecule has 0 saturated carbocycles. The molecule has 0 fully saturated rings. The van der Waals surface area contributed by atoms with Crippen LogP contribution < -0.4 is 10.3 Å². The predicted molar refractivity (Wildman–Crippen MR) is 132 cm³/mol. The Bertz CT molecular complexity index is 1320. The third-order valence-electron chi connectivity index (χ3n) is 5.31. The van der Waals surface area contributed by atoms with Crippen molar-refractivity contribution in [3.05, 3.63) is 106 Å². The van der Waals surface area contributed by atoms with Gasteiger partial charge in [0.05, 0.1) is 16.9 Å². The van der Waals surface area contributed by atoms with Gasteiger partial charge < -0.3 is 9.47 Å². The van der Waals surface area contributed by atoms with E-state index in [0.717, 1.165) is 11.1 Å². The first-order valence-corrected chi connectivity index (χ1v) is 11.2. The van der Waals surface area contributed by atoms with E-state index in [4.69, 9.17) is 14.5 Å². The number of fused-ring (bicyclic) bond motifs is 1. The average molecular weight is 457 g/mol. The number of aromatic nitrogens is 2. The predicted octanol–water partition coefficient (Wildman–Crippen LogP) is 5.06. The number of hydrogen-bond acceptors (Lipinski definition) is 5. The molecule has 4 aromatic rings. The van der Waals surface area contributed by atoms with Crippen LogP contribution in [0.15, 0.2) is 83.7 Å². The summed E-state index contributed by atoms with van der Waals surface area (Å²) in [4.78, 5) is 30.5. The summed E-state index contributed by atoms with van der Waals surface area (Å²) in [7, 11) is 0. The Balaban J connectivity index is 1.77. The highest BCUT2D eigenvalue weighted by atomic mass is 16.6. The number of ether oxygens (including phenoxy) is 2. The summed E-state index contributed by atoms with van der Waals surface area (Å²) in [5.41, 5.74) is 1.77. The zero-order chi connectivity index (χ0) is 24.3. The van der Waals surface area contributed by atoms with Crippen molar-refractivity contribution < 1.29 is 14.3 Å². The largest absolute Gasteiger partial charge is 0.482 e. The molecule has 0 radical (unpaired) electrons. The fourth-order valence-corrected chi connectivity index (χ4v) is 3.96. The molecule has 0 aliphatic carbocycles. The Hall–Kier alpha value is -3.93. The van der Waals surface area contributed by atoms with Gasteiger partial charge in [-0.2, -0.15) is 0 Å². The van der Waals surface area contributed by atoms with Crippen molar-refractivity contribution in [2.75, 3.05) is 6.61 Å². The van der Waals surface area contributed by atoms with Gasteiger partial charge in [-0.1, -0.05) is 60.7 Å². The van der Waals surface area contributed by atoms with E-state index in [0.29, 0.717) is 22.5 Å². The van der Waals surface area contributed by atoms with Crippen LogP contribution in [0.25, 0.3) is 10.9 Å². The van der Waals surface area contributed by atoms with E-state index < -0.39 is 11.6 Å². The smallest absolute Gasteiger partial charge is 0.344 e. The maximum Gasteiger partial charge on any atom is 0.344 e. The minimum Gasteiger partial charge on any atom is -0.482 e. The first kappa shape index (κ1) is 23.2. The Kier molecular flexibility index (Phi) is 6.50. The van der Waals surface area contributed by atoms with Crippen molar-refractivity contribution >= 4 is 16.9 Å². The molecule has 0 aliphatic heterocycles. The molecule has 0 amide bonds. The molecule has 0 bridgehead atoms. The van der Waals surface area contributed by atoms with Crippen LogP contribution in [-0.2, 0) is 9.53 Å². The van der Waals surface area contributed by atoms with Gasteiger partial charge in [0.1, 0.15) is 17.2 Å². The van der Waals surface area contributed by atoms with E-state index in [1.54, 1.807) is 43.5 Å². The number of benzene rings is 3. The van der Waals surface area contributed by atoms with Crippen LogP contribution >= 0.6 is 0 Å². The lowest BCUT2D eigenvalue weighted by Crippen LogP contribution is -2.29. The maximum absolute atomic E-state index is 13.8. The third kappa shape index (κ3) is 5.17. The van der Waals surface area contributed by atoms with Gasteiger partial charge in [0, 0.05) is 0 Å². The average Bonchev–Trinajstić information content (AvgIpc) is 2.80. The number of carbonyl (C=O) groups is 1. The third-order valence-corrected chi connectivity index (χ3v) is 5.31. The van der Waals surface area contributed by atoms with Crippen molar-refractivity contribution in [3.8, 4) is 5.75 Å². The highest BCUT2D eigenvalue weighted by Gasteiger charge is 2.22. The molecule has 3 aromatic carbocycles. The van der Waals surface area contributed by atoms with Crippen molar-refractivity contribution in [3.63, 3.8) is 0 Å². The fourth-order valence-electron chi connectivity index (χ4n) is 3.96. The van der Waals surface area contributed by atoms with E-state index in [-0.39, 0.29) is 18.2 Å². The summed E-state index contributed by atoms with van der Waals surface area (Å²) in [6.45, 7) is 6.99. The summed E-state index contributed by atoms with van der Waals surface area (Å²) in [6.07, 6.45) is 0. The summed E-state index contributed by atoms with van der Waals surface area (Å²) >= 11 is 0. The van der Waals surface area contributed by atoms with Gasteiger partial charge in [0.25, 0.3) is 5.56 Å². The molecule has 0 atom stereocenters. The molecule has 0 N–H and O–H groups in total. The Morgan fingerprint density at radius 1 is 0.941 bits per heavy atom. The number of esters is 1. The van der Waals surface area contributed by atoms with E-state index in [9.17, 15) is 9.59 Å². The maximum atomic E-state index is 13.8. The summed E-state index contributed by atoms with van der Waals surface area (Å²) in [5.74, 6) is 0.543. The highest BCUT2D eigenvalue weighted by Crippen LogP contribution is 2.27. The molecule has 0 aliphatic rings. The lowest BCUT2D eigenvalue weighted by atomic mass is 9.98. The van der Waals surface area contributed by atoms with Gasteiger partial charge in [-0.15, -0.1) is 0 Å². The SMILES string of the molecule is Cc1nc2ccc(OCC(=O)OC(C)(C)C)cc2c(=O)n1C(c1ccccc1)c1ccccc1. The van der Waals surface area contributed by atoms with Gasteiger partial charge in [-0.05, 0) is 57.0 Å². The molecule has 6 nitrogen and oxygen atoms in total. The van der Waals surface area contributed by atoms with E-state index >= 15 is 0 Å². The topological polar surface area (TPSA) is 70.4 Å².